The van der Waals surface area contributed by atoms with Gasteiger partial charge in [0.05, 0.1) is 11.0 Å². The molecule has 9 aromatic rings. The van der Waals surface area contributed by atoms with Crippen molar-refractivity contribution in [3.8, 4) is 16.8 Å². The van der Waals surface area contributed by atoms with Crippen molar-refractivity contribution in [1.82, 2.24) is 4.57 Å². The van der Waals surface area contributed by atoms with Crippen molar-refractivity contribution in [2.45, 2.75) is 0 Å². The molecule has 3 heterocycles. The number of rotatable bonds is 2. The van der Waals surface area contributed by atoms with Gasteiger partial charge in [0.2, 0.25) is 0 Å². The highest BCUT2D eigenvalue weighted by Crippen LogP contribution is 2.45. The van der Waals surface area contributed by atoms with E-state index in [0.717, 1.165) is 60.6 Å². The summed E-state index contributed by atoms with van der Waals surface area (Å²) in [7, 11) is 0. The maximum absolute atomic E-state index is 6.34. The van der Waals surface area contributed by atoms with Gasteiger partial charge in [-0.05, 0) is 59.7 Å². The summed E-state index contributed by atoms with van der Waals surface area (Å²) in [6.45, 7) is 0. The Morgan fingerprint density at radius 3 is 1.41 bits per heavy atom. The molecule has 0 unspecified atom stereocenters. The molecule has 3 heteroatoms. The number of hydrogen-bond acceptors (Lipinski definition) is 2. The van der Waals surface area contributed by atoms with Crippen LogP contribution >= 0.6 is 0 Å². The van der Waals surface area contributed by atoms with E-state index in [1.54, 1.807) is 0 Å². The topological polar surface area (TPSA) is 31.2 Å². The Labute approximate surface area is 223 Å². The average Bonchev–Trinajstić information content (AvgIpc) is 3.66. The molecule has 3 nitrogen and oxygen atoms in total. The van der Waals surface area contributed by atoms with Crippen molar-refractivity contribution in [2.75, 3.05) is 0 Å². The SMILES string of the molecule is c1ccc(-c2ccc(-n3c4ccc5oc6ccccc6c5c4c4c5c(ccc43)oc3ccccc35)cc2)cc1. The minimum atomic E-state index is 0.895. The van der Waals surface area contributed by atoms with Gasteiger partial charge in [0.25, 0.3) is 0 Å². The molecule has 0 spiro atoms. The van der Waals surface area contributed by atoms with E-state index in [0.29, 0.717) is 0 Å². The fourth-order valence-electron chi connectivity index (χ4n) is 6.33. The van der Waals surface area contributed by atoms with Crippen molar-refractivity contribution in [3.63, 3.8) is 0 Å². The maximum Gasteiger partial charge on any atom is 0.136 e. The first-order chi connectivity index (χ1) is 19.3. The van der Waals surface area contributed by atoms with Crippen LogP contribution in [0.15, 0.2) is 136 Å². The number of hydrogen-bond donors (Lipinski definition) is 0. The lowest BCUT2D eigenvalue weighted by Crippen LogP contribution is -1.93. The molecular weight excluding hydrogens is 478 g/mol. The van der Waals surface area contributed by atoms with E-state index in [1.165, 1.54) is 21.9 Å². The molecule has 9 rings (SSSR count). The van der Waals surface area contributed by atoms with E-state index in [2.05, 4.69) is 108 Å². The molecular formula is C36H21NO2. The lowest BCUT2D eigenvalue weighted by atomic mass is 10.0. The van der Waals surface area contributed by atoms with Gasteiger partial charge in [0, 0.05) is 38.0 Å². The van der Waals surface area contributed by atoms with Crippen LogP contribution in [0.2, 0.25) is 0 Å². The summed E-state index contributed by atoms with van der Waals surface area (Å²) in [5.74, 6) is 0. The average molecular weight is 500 g/mol. The van der Waals surface area contributed by atoms with Gasteiger partial charge < -0.3 is 13.4 Å². The number of furan rings is 2. The summed E-state index contributed by atoms with van der Waals surface area (Å²) >= 11 is 0. The molecule has 0 N–H and O–H groups in total. The van der Waals surface area contributed by atoms with Gasteiger partial charge in [-0.1, -0.05) is 78.9 Å². The van der Waals surface area contributed by atoms with Crippen molar-refractivity contribution >= 4 is 65.7 Å². The maximum atomic E-state index is 6.34. The monoisotopic (exact) mass is 499 g/mol. The highest BCUT2D eigenvalue weighted by atomic mass is 16.3. The summed E-state index contributed by atoms with van der Waals surface area (Å²) in [5.41, 5.74) is 9.42. The van der Waals surface area contributed by atoms with Gasteiger partial charge in [-0.2, -0.15) is 0 Å². The zero-order valence-electron chi connectivity index (χ0n) is 20.9. The normalized spacial score (nSPS) is 12.1. The Bertz CT molecular complexity index is 2240. The lowest BCUT2D eigenvalue weighted by Gasteiger charge is -2.09. The van der Waals surface area contributed by atoms with Crippen LogP contribution in [0.25, 0.3) is 82.5 Å². The first-order valence-corrected chi connectivity index (χ1v) is 13.2. The van der Waals surface area contributed by atoms with Crippen LogP contribution in [-0.4, -0.2) is 4.57 Å². The van der Waals surface area contributed by atoms with Gasteiger partial charge in [0.15, 0.2) is 0 Å². The van der Waals surface area contributed by atoms with Crippen LogP contribution < -0.4 is 0 Å². The molecule has 0 saturated carbocycles. The highest BCUT2D eigenvalue weighted by molar-refractivity contribution is 6.35. The molecule has 0 aliphatic rings. The van der Waals surface area contributed by atoms with E-state index in [9.17, 15) is 0 Å². The minimum absolute atomic E-state index is 0.895. The first-order valence-electron chi connectivity index (χ1n) is 13.2. The van der Waals surface area contributed by atoms with Gasteiger partial charge in [0.1, 0.15) is 22.3 Å². The summed E-state index contributed by atoms with van der Waals surface area (Å²) < 4.78 is 15.1. The fourth-order valence-corrected chi connectivity index (χ4v) is 6.33. The van der Waals surface area contributed by atoms with Crippen LogP contribution in [0.3, 0.4) is 0 Å². The molecule has 0 fully saturated rings. The Hall–Kier alpha value is -5.28. The van der Waals surface area contributed by atoms with E-state index in [-0.39, 0.29) is 0 Å². The molecule has 0 aliphatic heterocycles. The summed E-state index contributed by atoms with van der Waals surface area (Å²) in [4.78, 5) is 0. The van der Waals surface area contributed by atoms with Crippen LogP contribution in [-0.2, 0) is 0 Å². The van der Waals surface area contributed by atoms with Crippen molar-refractivity contribution < 1.29 is 8.83 Å². The van der Waals surface area contributed by atoms with Gasteiger partial charge in [-0.15, -0.1) is 0 Å². The second-order valence-corrected chi connectivity index (χ2v) is 10.1. The predicted molar refractivity (Wildman–Crippen MR) is 161 cm³/mol. The first kappa shape index (κ1) is 20.7. The van der Waals surface area contributed by atoms with E-state index < -0.39 is 0 Å². The molecule has 0 atom stereocenters. The second kappa shape index (κ2) is 7.62. The quantitative estimate of drug-likeness (QED) is 0.237. The molecule has 0 saturated heterocycles. The summed E-state index contributed by atoms with van der Waals surface area (Å²) in [6, 6.07) is 44.6. The van der Waals surface area contributed by atoms with Crippen molar-refractivity contribution in [3.05, 3.63) is 127 Å². The molecule has 0 bridgehead atoms. The number of para-hydroxylation sites is 2. The molecule has 6 aromatic carbocycles. The number of nitrogens with zero attached hydrogens (tertiary/aromatic N) is 1. The minimum Gasteiger partial charge on any atom is -0.456 e. The van der Waals surface area contributed by atoms with Crippen LogP contribution in [0.1, 0.15) is 0 Å². The Balaban J connectivity index is 1.47. The molecule has 39 heavy (non-hydrogen) atoms. The Kier molecular flexibility index (Phi) is 4.05. The zero-order chi connectivity index (χ0) is 25.5. The molecule has 0 amide bonds. The van der Waals surface area contributed by atoms with E-state index >= 15 is 0 Å². The third-order valence-electron chi connectivity index (χ3n) is 8.01. The standard InChI is InChI=1S/C36H21NO2/c1-2-8-22(9-3-1)23-14-16-24(17-15-23)37-27-18-20-31-33(25-10-4-6-12-29(25)38-31)35(27)36-28(37)19-21-32-34(36)26-11-5-7-13-30(26)39-32/h1-21H. The Morgan fingerprint density at radius 1 is 0.359 bits per heavy atom. The van der Waals surface area contributed by atoms with Crippen molar-refractivity contribution in [2.24, 2.45) is 0 Å². The Morgan fingerprint density at radius 2 is 0.846 bits per heavy atom. The number of benzene rings is 6. The van der Waals surface area contributed by atoms with Crippen LogP contribution in [0.5, 0.6) is 0 Å². The van der Waals surface area contributed by atoms with E-state index in [4.69, 9.17) is 8.83 Å². The van der Waals surface area contributed by atoms with Gasteiger partial charge in [-0.3, -0.25) is 0 Å². The molecule has 182 valence electrons. The third-order valence-corrected chi connectivity index (χ3v) is 8.01. The fraction of sp³-hybridized carbons (Fsp3) is 0. The molecule has 0 aliphatic carbocycles. The number of aromatic nitrogens is 1. The third kappa shape index (κ3) is 2.82. The smallest absolute Gasteiger partial charge is 0.136 e. The molecule has 0 radical (unpaired) electrons. The summed E-state index contributed by atoms with van der Waals surface area (Å²) in [6.07, 6.45) is 0. The largest absolute Gasteiger partial charge is 0.456 e. The van der Waals surface area contributed by atoms with Crippen LogP contribution in [0, 0.1) is 0 Å². The zero-order valence-corrected chi connectivity index (χ0v) is 20.9. The lowest BCUT2D eigenvalue weighted by molar-refractivity contribution is 0.668. The van der Waals surface area contributed by atoms with Gasteiger partial charge >= 0.3 is 0 Å². The molecule has 3 aromatic heterocycles. The second-order valence-electron chi connectivity index (χ2n) is 10.1. The predicted octanol–water partition coefficient (Wildman–Crippen LogP) is 10.2. The summed E-state index contributed by atoms with van der Waals surface area (Å²) in [5, 5.41) is 6.92. The van der Waals surface area contributed by atoms with Crippen molar-refractivity contribution in [1.29, 1.82) is 0 Å². The number of fused-ring (bicyclic) bond motifs is 11. The van der Waals surface area contributed by atoms with Gasteiger partial charge in [-0.25, -0.2) is 0 Å². The van der Waals surface area contributed by atoms with E-state index in [1.807, 2.05) is 24.3 Å². The van der Waals surface area contributed by atoms with Crippen LogP contribution in [0.4, 0.5) is 0 Å². The highest BCUT2D eigenvalue weighted by Gasteiger charge is 2.22.